The van der Waals surface area contributed by atoms with E-state index in [1.54, 1.807) is 0 Å². The molecule has 1 aliphatic heterocycles. The first-order valence-corrected chi connectivity index (χ1v) is 6.42. The standard InChI is InChI=1S/C14H18N4/c15-13-4-1-5-14-12(13)3-2-7-18(14)10-9-17-8-6-16-11-17/h1,4-6,8,11H,2-3,7,9-10,15H2. The maximum absolute atomic E-state index is 6.05. The van der Waals surface area contributed by atoms with E-state index in [9.17, 15) is 0 Å². The van der Waals surface area contributed by atoms with Gasteiger partial charge in [0.25, 0.3) is 0 Å². The topological polar surface area (TPSA) is 47.1 Å². The van der Waals surface area contributed by atoms with Crippen LogP contribution < -0.4 is 10.6 Å². The van der Waals surface area contributed by atoms with Crippen LogP contribution in [0.5, 0.6) is 0 Å². The zero-order valence-electron chi connectivity index (χ0n) is 10.4. The first-order chi connectivity index (χ1) is 8.84. The average Bonchev–Trinajstić information content (AvgIpc) is 2.90. The summed E-state index contributed by atoms with van der Waals surface area (Å²) in [5.74, 6) is 0. The lowest BCUT2D eigenvalue weighted by Crippen LogP contribution is -2.32. The van der Waals surface area contributed by atoms with Crippen molar-refractivity contribution in [2.75, 3.05) is 23.7 Å². The summed E-state index contributed by atoms with van der Waals surface area (Å²) in [5, 5.41) is 0. The van der Waals surface area contributed by atoms with E-state index in [4.69, 9.17) is 5.73 Å². The fraction of sp³-hybridized carbons (Fsp3) is 0.357. The molecule has 0 bridgehead atoms. The van der Waals surface area contributed by atoms with Gasteiger partial charge in [-0.05, 0) is 30.5 Å². The summed E-state index contributed by atoms with van der Waals surface area (Å²) >= 11 is 0. The number of aromatic nitrogens is 2. The first kappa shape index (κ1) is 11.1. The Morgan fingerprint density at radius 3 is 3.06 bits per heavy atom. The minimum atomic E-state index is 0.930. The molecule has 0 saturated heterocycles. The van der Waals surface area contributed by atoms with Gasteiger partial charge in [0.15, 0.2) is 0 Å². The monoisotopic (exact) mass is 242 g/mol. The quantitative estimate of drug-likeness (QED) is 0.836. The molecule has 4 nitrogen and oxygen atoms in total. The fourth-order valence-corrected chi connectivity index (χ4v) is 2.62. The van der Waals surface area contributed by atoms with Gasteiger partial charge in [0.2, 0.25) is 0 Å². The summed E-state index contributed by atoms with van der Waals surface area (Å²) in [7, 11) is 0. The van der Waals surface area contributed by atoms with E-state index in [0.29, 0.717) is 0 Å². The summed E-state index contributed by atoms with van der Waals surface area (Å²) in [5.41, 5.74) is 9.60. The summed E-state index contributed by atoms with van der Waals surface area (Å²) < 4.78 is 2.11. The van der Waals surface area contributed by atoms with E-state index in [-0.39, 0.29) is 0 Å². The molecule has 2 aromatic rings. The number of nitrogen functional groups attached to an aromatic ring is 1. The Hall–Kier alpha value is -1.97. The van der Waals surface area contributed by atoms with Gasteiger partial charge in [-0.1, -0.05) is 6.07 Å². The summed E-state index contributed by atoms with van der Waals surface area (Å²) in [6.07, 6.45) is 7.98. The van der Waals surface area contributed by atoms with Gasteiger partial charge in [-0.25, -0.2) is 4.98 Å². The lowest BCUT2D eigenvalue weighted by Gasteiger charge is -2.32. The molecule has 2 N–H and O–H groups in total. The van der Waals surface area contributed by atoms with Gasteiger partial charge in [-0.3, -0.25) is 0 Å². The Morgan fingerprint density at radius 1 is 1.28 bits per heavy atom. The molecule has 1 aromatic heterocycles. The second-order valence-electron chi connectivity index (χ2n) is 4.74. The molecule has 18 heavy (non-hydrogen) atoms. The number of fused-ring (bicyclic) bond motifs is 1. The number of benzene rings is 1. The Balaban J connectivity index is 1.77. The highest BCUT2D eigenvalue weighted by Gasteiger charge is 2.17. The Bertz CT molecular complexity index is 519. The van der Waals surface area contributed by atoms with Crippen molar-refractivity contribution in [3.05, 3.63) is 42.5 Å². The first-order valence-electron chi connectivity index (χ1n) is 6.42. The van der Waals surface area contributed by atoms with Crippen LogP contribution >= 0.6 is 0 Å². The zero-order chi connectivity index (χ0) is 12.4. The molecule has 0 unspecified atom stereocenters. The fourth-order valence-electron chi connectivity index (χ4n) is 2.62. The average molecular weight is 242 g/mol. The predicted molar refractivity (Wildman–Crippen MR) is 73.6 cm³/mol. The van der Waals surface area contributed by atoms with Crippen LogP contribution in [-0.4, -0.2) is 22.6 Å². The molecule has 0 spiro atoms. The number of imidazole rings is 1. The van der Waals surface area contributed by atoms with E-state index < -0.39 is 0 Å². The van der Waals surface area contributed by atoms with Gasteiger partial charge in [0.05, 0.1) is 6.33 Å². The van der Waals surface area contributed by atoms with Gasteiger partial charge in [-0.2, -0.15) is 0 Å². The maximum atomic E-state index is 6.05. The van der Waals surface area contributed by atoms with Crippen molar-refractivity contribution in [1.82, 2.24) is 9.55 Å². The largest absolute Gasteiger partial charge is 0.398 e. The molecule has 3 rings (SSSR count). The second kappa shape index (κ2) is 4.72. The predicted octanol–water partition coefficient (Wildman–Crippen LogP) is 1.92. The van der Waals surface area contributed by atoms with Crippen LogP contribution in [0.4, 0.5) is 11.4 Å². The number of anilines is 2. The molecular weight excluding hydrogens is 224 g/mol. The minimum absolute atomic E-state index is 0.930. The molecule has 0 radical (unpaired) electrons. The summed E-state index contributed by atoms with van der Waals surface area (Å²) in [6.45, 7) is 3.09. The number of nitrogens with two attached hydrogens (primary N) is 1. The Labute approximate surface area is 107 Å². The number of nitrogens with zero attached hydrogens (tertiary/aromatic N) is 3. The van der Waals surface area contributed by atoms with Crippen LogP contribution in [0.3, 0.4) is 0 Å². The highest BCUT2D eigenvalue weighted by Crippen LogP contribution is 2.30. The van der Waals surface area contributed by atoms with Gasteiger partial charge in [0, 0.05) is 43.4 Å². The third-order valence-corrected chi connectivity index (χ3v) is 3.57. The molecule has 0 amide bonds. The van der Waals surface area contributed by atoms with E-state index in [1.807, 2.05) is 30.9 Å². The Morgan fingerprint density at radius 2 is 2.22 bits per heavy atom. The van der Waals surface area contributed by atoms with E-state index in [1.165, 1.54) is 17.7 Å². The van der Waals surface area contributed by atoms with Gasteiger partial charge >= 0.3 is 0 Å². The van der Waals surface area contributed by atoms with Crippen molar-refractivity contribution in [1.29, 1.82) is 0 Å². The van der Waals surface area contributed by atoms with Crippen molar-refractivity contribution in [2.45, 2.75) is 19.4 Å². The highest BCUT2D eigenvalue weighted by molar-refractivity contribution is 5.66. The van der Waals surface area contributed by atoms with Crippen molar-refractivity contribution in [3.8, 4) is 0 Å². The zero-order valence-corrected chi connectivity index (χ0v) is 10.4. The molecule has 0 saturated carbocycles. The SMILES string of the molecule is Nc1cccc2c1CCCN2CCn1ccnc1. The summed E-state index contributed by atoms with van der Waals surface area (Å²) in [4.78, 5) is 6.49. The molecule has 94 valence electrons. The highest BCUT2D eigenvalue weighted by atomic mass is 15.2. The molecular formula is C14H18N4. The van der Waals surface area contributed by atoms with Crippen LogP contribution in [0.25, 0.3) is 0 Å². The molecule has 1 aliphatic rings. The second-order valence-corrected chi connectivity index (χ2v) is 4.74. The molecule has 4 heteroatoms. The third kappa shape index (κ3) is 2.06. The number of hydrogen-bond donors (Lipinski definition) is 1. The number of rotatable bonds is 3. The molecule has 2 heterocycles. The smallest absolute Gasteiger partial charge is 0.0946 e. The van der Waals surface area contributed by atoms with Crippen molar-refractivity contribution in [3.63, 3.8) is 0 Å². The van der Waals surface area contributed by atoms with Crippen LogP contribution in [0.15, 0.2) is 36.9 Å². The van der Waals surface area contributed by atoms with Crippen molar-refractivity contribution >= 4 is 11.4 Å². The lowest BCUT2D eigenvalue weighted by molar-refractivity contribution is 0.623. The van der Waals surface area contributed by atoms with Crippen molar-refractivity contribution in [2.24, 2.45) is 0 Å². The number of hydrogen-bond acceptors (Lipinski definition) is 3. The van der Waals surface area contributed by atoms with E-state index in [0.717, 1.165) is 31.7 Å². The molecule has 1 aromatic carbocycles. The van der Waals surface area contributed by atoms with Crippen molar-refractivity contribution < 1.29 is 0 Å². The van der Waals surface area contributed by atoms with Crippen LogP contribution in [0.1, 0.15) is 12.0 Å². The van der Waals surface area contributed by atoms with Gasteiger partial charge in [0.1, 0.15) is 0 Å². The maximum Gasteiger partial charge on any atom is 0.0946 e. The van der Waals surface area contributed by atoms with Crippen LogP contribution in [-0.2, 0) is 13.0 Å². The normalized spacial score (nSPS) is 14.6. The van der Waals surface area contributed by atoms with Crippen LogP contribution in [0, 0.1) is 0 Å². The Kier molecular flexibility index (Phi) is 2.92. The van der Waals surface area contributed by atoms with Gasteiger partial charge < -0.3 is 15.2 Å². The summed E-state index contributed by atoms with van der Waals surface area (Å²) in [6, 6.07) is 6.22. The lowest BCUT2D eigenvalue weighted by atomic mass is 10.00. The van der Waals surface area contributed by atoms with Crippen LogP contribution in [0.2, 0.25) is 0 Å². The van der Waals surface area contributed by atoms with Gasteiger partial charge in [-0.15, -0.1) is 0 Å². The molecule has 0 atom stereocenters. The minimum Gasteiger partial charge on any atom is -0.398 e. The van der Waals surface area contributed by atoms with E-state index >= 15 is 0 Å². The molecule has 0 fully saturated rings. The third-order valence-electron chi connectivity index (χ3n) is 3.57. The molecule has 0 aliphatic carbocycles. The van der Waals surface area contributed by atoms with E-state index in [2.05, 4.69) is 20.5 Å².